The van der Waals surface area contributed by atoms with Gasteiger partial charge >= 0.3 is 0 Å². The van der Waals surface area contributed by atoms with Gasteiger partial charge in [0.2, 0.25) is 5.91 Å². The lowest BCUT2D eigenvalue weighted by atomic mass is 10.0. The van der Waals surface area contributed by atoms with Gasteiger partial charge in [0.15, 0.2) is 0 Å². The van der Waals surface area contributed by atoms with E-state index in [4.69, 9.17) is 0 Å². The van der Waals surface area contributed by atoms with Crippen molar-refractivity contribution in [1.82, 2.24) is 19.9 Å². The number of hydrogen-bond donors (Lipinski definition) is 1. The predicted molar refractivity (Wildman–Crippen MR) is 137 cm³/mol. The third-order valence-corrected chi connectivity index (χ3v) is 10.5. The highest BCUT2D eigenvalue weighted by Crippen LogP contribution is 2.53. The summed E-state index contributed by atoms with van der Waals surface area (Å²) in [5.41, 5.74) is -1.51. The quantitative estimate of drug-likeness (QED) is 0.302. The average Bonchev–Trinajstić information content (AvgIpc) is 3.71. The Labute approximate surface area is 221 Å². The molecule has 1 saturated heterocycles. The molecule has 0 unspecified atom stereocenters. The highest BCUT2D eigenvalue weighted by Gasteiger charge is 2.59. The average molecular weight is 567 g/mol. The van der Waals surface area contributed by atoms with Crippen LogP contribution in [0.2, 0.25) is 0 Å². The van der Waals surface area contributed by atoms with Crippen LogP contribution in [-0.4, -0.2) is 57.6 Å². The molecule has 13 heteroatoms. The second-order valence-electron chi connectivity index (χ2n) is 10.2. The van der Waals surface area contributed by atoms with Gasteiger partial charge in [-0.2, -0.15) is 0 Å². The number of aryl methyl sites for hydroxylation is 1. The molecule has 0 spiro atoms. The number of carbonyl (C=O) groups is 1. The number of nitrogens with one attached hydrogen (secondary N) is 1. The Balaban J connectivity index is 1.41. The molecule has 3 heterocycles. The monoisotopic (exact) mass is 567 g/mol. The molecule has 1 aromatic carbocycles. The van der Waals surface area contributed by atoms with E-state index in [-0.39, 0.29) is 43.8 Å². The van der Waals surface area contributed by atoms with Gasteiger partial charge in [0.1, 0.15) is 35.5 Å². The molecule has 1 saturated carbocycles. The number of carbonyl (C=O) groups excluding carboxylic acids is 1. The van der Waals surface area contributed by atoms with Crippen LogP contribution in [-0.2, 0) is 9.36 Å². The Morgan fingerprint density at radius 2 is 1.77 bits per heavy atom. The molecular formula is C26H27F5N5O2P. The Kier molecular flexibility index (Phi) is 7.11. The van der Waals surface area contributed by atoms with Crippen LogP contribution >= 0.6 is 7.14 Å². The van der Waals surface area contributed by atoms with Crippen LogP contribution in [0.3, 0.4) is 0 Å². The van der Waals surface area contributed by atoms with Gasteiger partial charge in [0.05, 0.1) is 23.3 Å². The standard InChI is InChI=1S/C26H27F5N5O2P/c1-14(16-4-3-5-17(21(16)27)22(28)29)33-23-18-12-20(32-13-19(18)34-15(2)35-23)39(38)10-8-36(9-11-39)25(37)26(6-7-26)24(30)31/h3-5,12-14,22,24H,6-11H2,1-2H3,(H,33,34,35)/t14-/m1/s1. The fraction of sp³-hybridized carbons (Fsp3) is 0.462. The Bertz CT molecular complexity index is 1470. The van der Waals surface area contributed by atoms with Crippen LogP contribution in [0.25, 0.3) is 10.9 Å². The highest BCUT2D eigenvalue weighted by atomic mass is 31.2. The van der Waals surface area contributed by atoms with Crippen molar-refractivity contribution in [1.29, 1.82) is 0 Å². The van der Waals surface area contributed by atoms with Crippen molar-refractivity contribution >= 4 is 35.2 Å². The summed E-state index contributed by atoms with van der Waals surface area (Å²) in [5.74, 6) is -0.901. The first kappa shape index (κ1) is 27.4. The Morgan fingerprint density at radius 1 is 1.10 bits per heavy atom. The molecule has 1 atom stereocenters. The van der Waals surface area contributed by atoms with Crippen molar-refractivity contribution < 1.29 is 31.3 Å². The lowest BCUT2D eigenvalue weighted by Gasteiger charge is -2.34. The molecule has 7 nitrogen and oxygen atoms in total. The maximum Gasteiger partial charge on any atom is 0.266 e. The van der Waals surface area contributed by atoms with Crippen LogP contribution in [0.4, 0.5) is 27.8 Å². The number of alkyl halides is 4. The summed E-state index contributed by atoms with van der Waals surface area (Å²) in [5, 5.41) is 3.53. The number of pyridine rings is 1. The van der Waals surface area contributed by atoms with E-state index < -0.39 is 48.7 Å². The molecule has 0 bridgehead atoms. The molecule has 1 aliphatic carbocycles. The lowest BCUT2D eigenvalue weighted by Crippen LogP contribution is -2.46. The van der Waals surface area contributed by atoms with E-state index in [0.717, 1.165) is 6.07 Å². The summed E-state index contributed by atoms with van der Waals surface area (Å²) >= 11 is 0. The van der Waals surface area contributed by atoms with Crippen LogP contribution in [0, 0.1) is 18.2 Å². The number of benzene rings is 1. The second-order valence-corrected chi connectivity index (χ2v) is 13.3. The smallest absolute Gasteiger partial charge is 0.266 e. The van der Waals surface area contributed by atoms with Gasteiger partial charge in [-0.1, -0.05) is 18.2 Å². The minimum atomic E-state index is -3.07. The first-order valence-corrected chi connectivity index (χ1v) is 14.7. The van der Waals surface area contributed by atoms with Crippen molar-refractivity contribution in [3.05, 3.63) is 53.2 Å². The van der Waals surface area contributed by atoms with Crippen molar-refractivity contribution in [3.63, 3.8) is 0 Å². The van der Waals surface area contributed by atoms with Gasteiger partial charge in [-0.3, -0.25) is 9.78 Å². The molecule has 2 fully saturated rings. The van der Waals surface area contributed by atoms with Crippen LogP contribution in [0.5, 0.6) is 0 Å². The first-order chi connectivity index (χ1) is 18.4. The van der Waals surface area contributed by atoms with Crippen molar-refractivity contribution in [3.8, 4) is 0 Å². The number of aromatic nitrogens is 3. The largest absolute Gasteiger partial charge is 0.363 e. The van der Waals surface area contributed by atoms with Crippen molar-refractivity contribution in [2.75, 3.05) is 30.7 Å². The zero-order chi connectivity index (χ0) is 28.1. The van der Waals surface area contributed by atoms with Gasteiger partial charge in [-0.25, -0.2) is 31.9 Å². The van der Waals surface area contributed by atoms with Crippen molar-refractivity contribution in [2.24, 2.45) is 5.41 Å². The van der Waals surface area contributed by atoms with E-state index in [1.807, 2.05) is 0 Å². The summed E-state index contributed by atoms with van der Waals surface area (Å²) in [7, 11) is -3.07. The topological polar surface area (TPSA) is 88.1 Å². The van der Waals surface area contributed by atoms with E-state index in [2.05, 4.69) is 20.3 Å². The summed E-state index contributed by atoms with van der Waals surface area (Å²) in [6.45, 7) is 3.45. The number of halogens is 5. The van der Waals surface area contributed by atoms with Crippen LogP contribution in [0.15, 0.2) is 30.5 Å². The molecule has 2 aromatic heterocycles. The van der Waals surface area contributed by atoms with E-state index >= 15 is 0 Å². The molecule has 1 amide bonds. The normalized spacial score (nSPS) is 18.9. The van der Waals surface area contributed by atoms with E-state index in [1.54, 1.807) is 19.9 Å². The molecule has 0 radical (unpaired) electrons. The fourth-order valence-electron chi connectivity index (χ4n) is 5.02. The number of hydrogen-bond acceptors (Lipinski definition) is 6. The van der Waals surface area contributed by atoms with Gasteiger partial charge in [-0.05, 0) is 32.8 Å². The highest BCUT2D eigenvalue weighted by molar-refractivity contribution is 7.71. The fourth-order valence-corrected chi connectivity index (χ4v) is 7.46. The van der Waals surface area contributed by atoms with Crippen LogP contribution < -0.4 is 10.8 Å². The molecule has 5 rings (SSSR count). The first-order valence-electron chi connectivity index (χ1n) is 12.6. The molecule has 39 heavy (non-hydrogen) atoms. The van der Waals surface area contributed by atoms with Gasteiger partial charge in [-0.15, -0.1) is 0 Å². The van der Waals surface area contributed by atoms with E-state index in [1.165, 1.54) is 23.2 Å². The zero-order valence-electron chi connectivity index (χ0n) is 21.3. The lowest BCUT2D eigenvalue weighted by molar-refractivity contribution is -0.142. The maximum atomic E-state index is 14.8. The SMILES string of the molecule is Cc1nc(N[C@H](C)c2cccc(C(F)F)c2F)c2cc(P3(=O)CCN(C(=O)C4(C(F)F)CC4)CC3)ncc2n1. The zero-order valence-corrected chi connectivity index (χ0v) is 22.2. The summed E-state index contributed by atoms with van der Waals surface area (Å²) in [6, 6.07) is 4.66. The summed E-state index contributed by atoms with van der Waals surface area (Å²) in [4.78, 5) is 27.2. The van der Waals surface area contributed by atoms with Gasteiger partial charge in [0, 0.05) is 36.4 Å². The number of amides is 1. The summed E-state index contributed by atoms with van der Waals surface area (Å²) < 4.78 is 81.9. The molecule has 1 N–H and O–H groups in total. The molecule has 2 aliphatic rings. The molecule has 3 aromatic rings. The molecular weight excluding hydrogens is 540 g/mol. The summed E-state index contributed by atoms with van der Waals surface area (Å²) in [6.07, 6.45) is -3.69. The van der Waals surface area contributed by atoms with Crippen LogP contribution in [0.1, 0.15) is 49.2 Å². The number of nitrogens with zero attached hydrogens (tertiary/aromatic N) is 4. The van der Waals surface area contributed by atoms with Crippen molar-refractivity contribution in [2.45, 2.75) is 45.6 Å². The number of fused-ring (bicyclic) bond motifs is 1. The van der Waals surface area contributed by atoms with E-state index in [0.29, 0.717) is 28.0 Å². The third kappa shape index (κ3) is 4.99. The number of anilines is 1. The molecule has 208 valence electrons. The maximum absolute atomic E-state index is 14.8. The second kappa shape index (κ2) is 10.1. The predicted octanol–water partition coefficient (Wildman–Crippen LogP) is 5.46. The minimum absolute atomic E-state index is 0.0357. The van der Waals surface area contributed by atoms with E-state index in [9.17, 15) is 31.3 Å². The number of rotatable bonds is 7. The van der Waals surface area contributed by atoms with Gasteiger partial charge in [0.25, 0.3) is 12.9 Å². The third-order valence-electron chi connectivity index (χ3n) is 7.59. The molecule has 1 aliphatic heterocycles. The minimum Gasteiger partial charge on any atom is -0.363 e. The Morgan fingerprint density at radius 3 is 2.38 bits per heavy atom. The Hall–Kier alpha value is -3.14. The van der Waals surface area contributed by atoms with Gasteiger partial charge < -0.3 is 14.8 Å².